The maximum absolute atomic E-state index is 10.2. The second-order valence-electron chi connectivity index (χ2n) is 5.68. The summed E-state index contributed by atoms with van der Waals surface area (Å²) in [5.74, 6) is 0.511. The minimum absolute atomic E-state index is 0.0829. The van der Waals surface area contributed by atoms with Crippen molar-refractivity contribution in [3.63, 3.8) is 0 Å². The first kappa shape index (κ1) is 14.5. The Balaban J connectivity index is 1.73. The molecule has 0 radical (unpaired) electrons. The fraction of sp³-hybridized carbons (Fsp3) is 0.688. The van der Waals surface area contributed by atoms with Gasteiger partial charge in [-0.1, -0.05) is 25.8 Å². The van der Waals surface area contributed by atoms with Gasteiger partial charge >= 0.3 is 0 Å². The van der Waals surface area contributed by atoms with Crippen molar-refractivity contribution in [3.05, 3.63) is 30.1 Å². The number of likely N-dealkylation sites (tertiary alicyclic amines) is 1. The topological polar surface area (TPSA) is 36.4 Å². The number of unbranched alkanes of at least 4 members (excludes halogenated alkanes) is 1. The van der Waals surface area contributed by atoms with E-state index in [4.69, 9.17) is 0 Å². The third-order valence-electron chi connectivity index (χ3n) is 4.16. The Hall–Kier alpha value is -0.930. The van der Waals surface area contributed by atoms with Crippen LogP contribution in [0.25, 0.3) is 0 Å². The molecule has 1 aliphatic heterocycles. The van der Waals surface area contributed by atoms with Gasteiger partial charge < -0.3 is 5.11 Å². The standard InChI is InChI=1S/C16H26N2O/c1-2-3-6-16(19)15-7-10-18(11-8-15)13-14-5-4-9-17-12-14/h4-5,9,12,15-16,19H,2-3,6-8,10-11,13H2,1H3/t16-/m1/s1. The van der Waals surface area contributed by atoms with Crippen LogP contribution in [0, 0.1) is 5.92 Å². The molecule has 2 rings (SSSR count). The van der Waals surface area contributed by atoms with Crippen molar-refractivity contribution in [1.82, 2.24) is 9.88 Å². The third kappa shape index (κ3) is 4.59. The molecule has 3 nitrogen and oxygen atoms in total. The first-order valence-corrected chi connectivity index (χ1v) is 7.59. The summed E-state index contributed by atoms with van der Waals surface area (Å²) in [5.41, 5.74) is 1.28. The SMILES string of the molecule is CCCC[C@@H](O)C1CCN(Cc2cccnc2)CC1. The highest BCUT2D eigenvalue weighted by Gasteiger charge is 2.24. The van der Waals surface area contributed by atoms with E-state index < -0.39 is 0 Å². The molecule has 1 aromatic heterocycles. The Labute approximate surface area is 116 Å². The summed E-state index contributed by atoms with van der Waals surface area (Å²) in [4.78, 5) is 6.63. The van der Waals surface area contributed by atoms with Crippen molar-refractivity contribution >= 4 is 0 Å². The number of rotatable bonds is 6. The van der Waals surface area contributed by atoms with Gasteiger partial charge in [0.05, 0.1) is 6.10 Å². The van der Waals surface area contributed by atoms with Crippen LogP contribution in [0.3, 0.4) is 0 Å². The van der Waals surface area contributed by atoms with Gasteiger partial charge in [-0.3, -0.25) is 9.88 Å². The Kier molecular flexibility index (Phi) is 5.80. The quantitative estimate of drug-likeness (QED) is 0.856. The zero-order valence-electron chi connectivity index (χ0n) is 12.0. The lowest BCUT2D eigenvalue weighted by Gasteiger charge is -2.34. The highest BCUT2D eigenvalue weighted by Crippen LogP contribution is 2.24. The van der Waals surface area contributed by atoms with Crippen LogP contribution in [-0.2, 0) is 6.54 Å². The molecule has 0 aliphatic carbocycles. The Morgan fingerprint density at radius 2 is 2.21 bits per heavy atom. The summed E-state index contributed by atoms with van der Waals surface area (Å²) in [6, 6.07) is 4.13. The van der Waals surface area contributed by atoms with Crippen molar-refractivity contribution < 1.29 is 5.11 Å². The fourth-order valence-electron chi connectivity index (χ4n) is 2.89. The molecule has 1 atom stereocenters. The van der Waals surface area contributed by atoms with E-state index in [-0.39, 0.29) is 6.10 Å². The number of aliphatic hydroxyl groups is 1. The summed E-state index contributed by atoms with van der Waals surface area (Å²) >= 11 is 0. The molecule has 1 N–H and O–H groups in total. The molecule has 1 fully saturated rings. The smallest absolute Gasteiger partial charge is 0.0569 e. The molecule has 106 valence electrons. The van der Waals surface area contributed by atoms with Crippen LogP contribution in [0.2, 0.25) is 0 Å². The van der Waals surface area contributed by atoms with Gasteiger partial charge in [0.15, 0.2) is 0 Å². The van der Waals surface area contributed by atoms with Crippen LogP contribution in [-0.4, -0.2) is 34.2 Å². The van der Waals surface area contributed by atoms with Gasteiger partial charge in [0.2, 0.25) is 0 Å². The molecule has 0 bridgehead atoms. The van der Waals surface area contributed by atoms with Crippen LogP contribution in [0.1, 0.15) is 44.6 Å². The second-order valence-corrected chi connectivity index (χ2v) is 5.68. The highest BCUT2D eigenvalue weighted by atomic mass is 16.3. The number of piperidine rings is 1. The zero-order chi connectivity index (χ0) is 13.5. The van der Waals surface area contributed by atoms with E-state index in [1.54, 1.807) is 0 Å². The summed E-state index contributed by atoms with van der Waals surface area (Å²) < 4.78 is 0. The van der Waals surface area contributed by atoms with Gasteiger partial charge in [0.25, 0.3) is 0 Å². The van der Waals surface area contributed by atoms with Crippen molar-refractivity contribution in [2.24, 2.45) is 5.92 Å². The molecule has 0 amide bonds. The average Bonchev–Trinajstić information content (AvgIpc) is 2.46. The van der Waals surface area contributed by atoms with Gasteiger partial charge in [-0.2, -0.15) is 0 Å². The number of hydrogen-bond donors (Lipinski definition) is 1. The second kappa shape index (κ2) is 7.61. The molecule has 2 heterocycles. The number of aromatic nitrogens is 1. The van der Waals surface area contributed by atoms with Gasteiger partial charge in [0, 0.05) is 18.9 Å². The molecule has 3 heteroatoms. The van der Waals surface area contributed by atoms with Crippen LogP contribution in [0.5, 0.6) is 0 Å². The lowest BCUT2D eigenvalue weighted by atomic mass is 9.88. The number of pyridine rings is 1. The Morgan fingerprint density at radius 1 is 1.42 bits per heavy atom. The summed E-state index contributed by atoms with van der Waals surface area (Å²) in [5, 5.41) is 10.2. The molecule has 1 aromatic rings. The minimum atomic E-state index is -0.0829. The first-order valence-electron chi connectivity index (χ1n) is 7.59. The minimum Gasteiger partial charge on any atom is -0.393 e. The lowest BCUT2D eigenvalue weighted by molar-refractivity contribution is 0.0502. The number of hydrogen-bond acceptors (Lipinski definition) is 3. The third-order valence-corrected chi connectivity index (χ3v) is 4.16. The Bertz CT molecular complexity index is 347. The molecule has 1 saturated heterocycles. The number of aliphatic hydroxyl groups excluding tert-OH is 1. The maximum atomic E-state index is 10.2. The molecular formula is C16H26N2O. The summed E-state index contributed by atoms with van der Waals surface area (Å²) in [6.45, 7) is 5.38. The first-order chi connectivity index (χ1) is 9.29. The zero-order valence-corrected chi connectivity index (χ0v) is 12.0. The number of nitrogens with zero attached hydrogens (tertiary/aromatic N) is 2. The van der Waals surface area contributed by atoms with Gasteiger partial charge in [0.1, 0.15) is 0 Å². The molecule has 19 heavy (non-hydrogen) atoms. The van der Waals surface area contributed by atoms with Crippen LogP contribution < -0.4 is 0 Å². The van der Waals surface area contributed by atoms with Crippen molar-refractivity contribution in [1.29, 1.82) is 0 Å². The van der Waals surface area contributed by atoms with E-state index in [2.05, 4.69) is 22.9 Å². The van der Waals surface area contributed by atoms with E-state index in [1.165, 1.54) is 12.0 Å². The lowest BCUT2D eigenvalue weighted by Crippen LogP contribution is -2.37. The van der Waals surface area contributed by atoms with Crippen LogP contribution in [0.4, 0.5) is 0 Å². The van der Waals surface area contributed by atoms with Gasteiger partial charge in [-0.15, -0.1) is 0 Å². The van der Waals surface area contributed by atoms with E-state index in [0.717, 1.165) is 45.3 Å². The molecule has 1 aliphatic rings. The van der Waals surface area contributed by atoms with Crippen molar-refractivity contribution in [2.45, 2.75) is 51.7 Å². The Morgan fingerprint density at radius 3 is 2.84 bits per heavy atom. The molecular weight excluding hydrogens is 236 g/mol. The maximum Gasteiger partial charge on any atom is 0.0569 e. The van der Waals surface area contributed by atoms with E-state index in [1.807, 2.05) is 18.5 Å². The van der Waals surface area contributed by atoms with Crippen LogP contribution >= 0.6 is 0 Å². The van der Waals surface area contributed by atoms with Gasteiger partial charge in [-0.05, 0) is 49.9 Å². The summed E-state index contributed by atoms with van der Waals surface area (Å²) in [6.07, 6.45) is 9.25. The van der Waals surface area contributed by atoms with Crippen molar-refractivity contribution in [2.75, 3.05) is 13.1 Å². The monoisotopic (exact) mass is 262 g/mol. The normalized spacial score (nSPS) is 19.5. The summed E-state index contributed by atoms with van der Waals surface area (Å²) in [7, 11) is 0. The largest absolute Gasteiger partial charge is 0.393 e. The molecule has 0 spiro atoms. The molecule has 0 saturated carbocycles. The average molecular weight is 262 g/mol. The highest BCUT2D eigenvalue weighted by molar-refractivity contribution is 5.08. The van der Waals surface area contributed by atoms with Gasteiger partial charge in [-0.25, -0.2) is 0 Å². The van der Waals surface area contributed by atoms with Crippen LogP contribution in [0.15, 0.2) is 24.5 Å². The predicted molar refractivity (Wildman–Crippen MR) is 77.8 cm³/mol. The van der Waals surface area contributed by atoms with Crippen molar-refractivity contribution in [3.8, 4) is 0 Å². The fourth-order valence-corrected chi connectivity index (χ4v) is 2.89. The molecule has 0 aromatic carbocycles. The van der Waals surface area contributed by atoms with E-state index >= 15 is 0 Å². The van der Waals surface area contributed by atoms with E-state index in [0.29, 0.717) is 5.92 Å². The predicted octanol–water partition coefficient (Wildman–Crippen LogP) is 2.84. The van der Waals surface area contributed by atoms with E-state index in [9.17, 15) is 5.11 Å². The molecule has 0 unspecified atom stereocenters.